The quantitative estimate of drug-likeness (QED) is 0.807. The van der Waals surface area contributed by atoms with Gasteiger partial charge in [-0.05, 0) is 12.1 Å². The van der Waals surface area contributed by atoms with Crippen molar-refractivity contribution < 1.29 is 19.3 Å². The first-order valence-electron chi connectivity index (χ1n) is 4.59. The molecule has 0 aliphatic rings. The van der Waals surface area contributed by atoms with Crippen LogP contribution >= 0.6 is 0 Å². The average Bonchev–Trinajstić information content (AvgIpc) is 2.24. The van der Waals surface area contributed by atoms with E-state index in [9.17, 15) is 5.11 Å². The summed E-state index contributed by atoms with van der Waals surface area (Å²) in [5.41, 5.74) is 1.40. The maximum Gasteiger partial charge on any atom is 0.126 e. The van der Waals surface area contributed by atoms with Crippen molar-refractivity contribution in [2.24, 2.45) is 0 Å². The van der Waals surface area contributed by atoms with Crippen LogP contribution in [0.25, 0.3) is 0 Å². The van der Waals surface area contributed by atoms with Crippen molar-refractivity contribution in [1.29, 1.82) is 0 Å². The smallest absolute Gasteiger partial charge is 0.126 e. The van der Waals surface area contributed by atoms with Crippen molar-refractivity contribution in [2.75, 3.05) is 21.3 Å². The summed E-state index contributed by atoms with van der Waals surface area (Å²) in [7, 11) is 4.74. The molecule has 1 aromatic rings. The Morgan fingerprint density at radius 1 is 1.00 bits per heavy atom. The highest BCUT2D eigenvalue weighted by atomic mass is 16.5. The van der Waals surface area contributed by atoms with Crippen LogP contribution < -0.4 is 4.74 Å². The normalized spacial score (nSPS) is 10.3. The first-order chi connectivity index (χ1) is 7.22. The van der Waals surface area contributed by atoms with Crippen LogP contribution in [-0.4, -0.2) is 26.4 Å². The minimum absolute atomic E-state index is 0.208. The van der Waals surface area contributed by atoms with Gasteiger partial charge in [-0.2, -0.15) is 0 Å². The monoisotopic (exact) mass is 212 g/mol. The number of methoxy groups -OCH3 is 3. The van der Waals surface area contributed by atoms with Gasteiger partial charge in [0.25, 0.3) is 0 Å². The molecule has 0 amide bonds. The van der Waals surface area contributed by atoms with Crippen LogP contribution in [-0.2, 0) is 22.7 Å². The van der Waals surface area contributed by atoms with Crippen LogP contribution in [0.5, 0.6) is 11.5 Å². The van der Waals surface area contributed by atoms with E-state index in [2.05, 4.69) is 0 Å². The fraction of sp³-hybridized carbons (Fsp3) is 0.455. The second kappa shape index (κ2) is 5.58. The van der Waals surface area contributed by atoms with Gasteiger partial charge in [-0.15, -0.1) is 0 Å². The molecule has 0 atom stereocenters. The van der Waals surface area contributed by atoms with E-state index in [-0.39, 0.29) is 5.75 Å². The molecule has 15 heavy (non-hydrogen) atoms. The Morgan fingerprint density at radius 2 is 1.47 bits per heavy atom. The first kappa shape index (κ1) is 11.8. The van der Waals surface area contributed by atoms with Crippen molar-refractivity contribution in [2.45, 2.75) is 13.2 Å². The van der Waals surface area contributed by atoms with Crippen LogP contribution in [0.2, 0.25) is 0 Å². The summed E-state index contributed by atoms with van der Waals surface area (Å²) in [6.45, 7) is 0.694. The van der Waals surface area contributed by atoms with Gasteiger partial charge in [-0.1, -0.05) is 0 Å². The molecule has 1 rings (SSSR count). The number of aromatic hydroxyl groups is 1. The summed E-state index contributed by atoms with van der Waals surface area (Å²) in [5, 5.41) is 9.86. The number of phenolic OH excluding ortho intramolecular Hbond substituents is 1. The van der Waals surface area contributed by atoms with E-state index in [0.29, 0.717) is 30.1 Å². The maximum atomic E-state index is 9.86. The number of phenols is 1. The van der Waals surface area contributed by atoms with Crippen molar-refractivity contribution in [3.05, 3.63) is 23.3 Å². The molecule has 0 unspecified atom stereocenters. The fourth-order valence-electron chi connectivity index (χ4n) is 1.38. The van der Waals surface area contributed by atoms with Gasteiger partial charge >= 0.3 is 0 Å². The van der Waals surface area contributed by atoms with Crippen molar-refractivity contribution in [1.82, 2.24) is 0 Å². The summed E-state index contributed by atoms with van der Waals surface area (Å²) in [6.07, 6.45) is 0. The molecule has 1 aromatic carbocycles. The first-order valence-corrected chi connectivity index (χ1v) is 4.59. The van der Waals surface area contributed by atoms with Gasteiger partial charge in [-0.3, -0.25) is 0 Å². The van der Waals surface area contributed by atoms with Crippen molar-refractivity contribution in [3.63, 3.8) is 0 Å². The zero-order chi connectivity index (χ0) is 11.3. The third-order valence-corrected chi connectivity index (χ3v) is 2.08. The van der Waals surface area contributed by atoms with Gasteiger partial charge in [-0.25, -0.2) is 0 Å². The topological polar surface area (TPSA) is 47.9 Å². The molecule has 84 valence electrons. The standard InChI is InChI=1S/C11H16O4/c1-13-6-8-4-10(15-3)5-9(7-14-2)11(8)12/h4-5,12H,6-7H2,1-3H3. The van der Waals surface area contributed by atoms with Gasteiger partial charge < -0.3 is 19.3 Å². The molecular formula is C11H16O4. The number of benzene rings is 1. The average molecular weight is 212 g/mol. The van der Waals surface area contributed by atoms with Gasteiger partial charge in [0.15, 0.2) is 0 Å². The number of hydrogen-bond acceptors (Lipinski definition) is 4. The van der Waals surface area contributed by atoms with E-state index >= 15 is 0 Å². The predicted octanol–water partition coefficient (Wildman–Crippen LogP) is 1.69. The highest BCUT2D eigenvalue weighted by molar-refractivity contribution is 5.45. The second-order valence-corrected chi connectivity index (χ2v) is 3.16. The zero-order valence-electron chi connectivity index (χ0n) is 9.24. The third-order valence-electron chi connectivity index (χ3n) is 2.08. The number of ether oxygens (including phenoxy) is 3. The van der Waals surface area contributed by atoms with Gasteiger partial charge in [0.2, 0.25) is 0 Å². The van der Waals surface area contributed by atoms with Gasteiger partial charge in [0, 0.05) is 25.3 Å². The fourth-order valence-corrected chi connectivity index (χ4v) is 1.38. The molecule has 4 heteroatoms. The Balaban J connectivity index is 3.08. The van der Waals surface area contributed by atoms with E-state index in [0.717, 1.165) is 0 Å². The lowest BCUT2D eigenvalue weighted by molar-refractivity contribution is 0.174. The summed E-state index contributed by atoms with van der Waals surface area (Å²) in [5.74, 6) is 0.895. The van der Waals surface area contributed by atoms with Gasteiger partial charge in [0.05, 0.1) is 20.3 Å². The molecule has 4 nitrogen and oxygen atoms in total. The van der Waals surface area contributed by atoms with Crippen LogP contribution in [0, 0.1) is 0 Å². The molecular weight excluding hydrogens is 196 g/mol. The second-order valence-electron chi connectivity index (χ2n) is 3.16. The Hall–Kier alpha value is -1.26. The Morgan fingerprint density at radius 3 is 1.80 bits per heavy atom. The van der Waals surface area contributed by atoms with Crippen LogP contribution in [0.3, 0.4) is 0 Å². The lowest BCUT2D eigenvalue weighted by atomic mass is 10.1. The molecule has 0 saturated heterocycles. The summed E-state index contributed by atoms with van der Waals surface area (Å²) in [6, 6.07) is 3.50. The molecule has 1 N–H and O–H groups in total. The van der Waals surface area contributed by atoms with E-state index in [1.54, 1.807) is 33.5 Å². The number of rotatable bonds is 5. The minimum atomic E-state index is 0.208. The largest absolute Gasteiger partial charge is 0.507 e. The summed E-state index contributed by atoms with van der Waals surface area (Å²) < 4.78 is 15.1. The Labute approximate surface area is 89.4 Å². The lowest BCUT2D eigenvalue weighted by Gasteiger charge is -2.11. The van der Waals surface area contributed by atoms with E-state index < -0.39 is 0 Å². The van der Waals surface area contributed by atoms with Crippen molar-refractivity contribution in [3.8, 4) is 11.5 Å². The van der Waals surface area contributed by atoms with Crippen LogP contribution in [0.15, 0.2) is 12.1 Å². The SMILES string of the molecule is COCc1cc(OC)cc(COC)c1O. The van der Waals surface area contributed by atoms with Crippen molar-refractivity contribution >= 4 is 0 Å². The summed E-state index contributed by atoms with van der Waals surface area (Å²) >= 11 is 0. The predicted molar refractivity (Wildman–Crippen MR) is 56.1 cm³/mol. The molecule has 0 saturated carbocycles. The molecule has 0 aliphatic carbocycles. The zero-order valence-corrected chi connectivity index (χ0v) is 9.24. The van der Waals surface area contributed by atoms with Crippen LogP contribution in [0.1, 0.15) is 11.1 Å². The molecule has 0 heterocycles. The molecule has 0 spiro atoms. The lowest BCUT2D eigenvalue weighted by Crippen LogP contribution is -1.96. The Kier molecular flexibility index (Phi) is 4.39. The highest BCUT2D eigenvalue weighted by Crippen LogP contribution is 2.29. The molecule has 0 aromatic heterocycles. The molecule has 0 radical (unpaired) electrons. The Bertz CT molecular complexity index is 295. The minimum Gasteiger partial charge on any atom is -0.507 e. The highest BCUT2D eigenvalue weighted by Gasteiger charge is 2.10. The molecule has 0 bridgehead atoms. The maximum absolute atomic E-state index is 9.86. The third kappa shape index (κ3) is 2.84. The number of hydrogen-bond donors (Lipinski definition) is 1. The molecule has 0 fully saturated rings. The van der Waals surface area contributed by atoms with Crippen LogP contribution in [0.4, 0.5) is 0 Å². The summed E-state index contributed by atoms with van der Waals surface area (Å²) in [4.78, 5) is 0. The van der Waals surface area contributed by atoms with E-state index in [1.165, 1.54) is 0 Å². The van der Waals surface area contributed by atoms with E-state index in [4.69, 9.17) is 14.2 Å². The van der Waals surface area contributed by atoms with Gasteiger partial charge in [0.1, 0.15) is 11.5 Å². The van der Waals surface area contributed by atoms with E-state index in [1.807, 2.05) is 0 Å². The molecule has 0 aliphatic heterocycles.